The Morgan fingerprint density at radius 2 is 1.91 bits per heavy atom. The van der Waals surface area contributed by atoms with Crippen LogP contribution in [-0.2, 0) is 6.54 Å². The number of hydrogen-bond donors (Lipinski definition) is 1. The third-order valence-corrected chi connectivity index (χ3v) is 5.37. The van der Waals surface area contributed by atoms with Crippen molar-refractivity contribution in [3.8, 4) is 22.6 Å². The molecule has 0 bridgehead atoms. The molecule has 0 aliphatic heterocycles. The maximum atomic E-state index is 13.9. The number of amides is 1. The van der Waals surface area contributed by atoms with Gasteiger partial charge in [-0.15, -0.1) is 0 Å². The summed E-state index contributed by atoms with van der Waals surface area (Å²) in [7, 11) is 1.54. The smallest absolute Gasteiger partial charge is 0.253 e. The minimum absolute atomic E-state index is 0.00663. The van der Waals surface area contributed by atoms with E-state index in [1.807, 2.05) is 26.0 Å². The first kappa shape index (κ1) is 24.3. The van der Waals surface area contributed by atoms with Crippen LogP contribution in [0.25, 0.3) is 11.1 Å². The van der Waals surface area contributed by atoms with Gasteiger partial charge in [-0.3, -0.25) is 9.59 Å². The molecule has 0 saturated carbocycles. The van der Waals surface area contributed by atoms with E-state index in [-0.39, 0.29) is 29.1 Å². The topological polar surface area (TPSA) is 64.6 Å². The quantitative estimate of drug-likeness (QED) is 0.411. The summed E-state index contributed by atoms with van der Waals surface area (Å²) in [5.41, 5.74) is 3.21. The fourth-order valence-corrected chi connectivity index (χ4v) is 3.73. The first-order chi connectivity index (χ1) is 15.7. The number of nitrogens with one attached hydrogen (secondary N) is 1. The zero-order valence-corrected chi connectivity index (χ0v) is 19.6. The number of rotatable bonds is 8. The molecule has 0 saturated heterocycles. The molecule has 3 aromatic rings. The van der Waals surface area contributed by atoms with Crippen LogP contribution in [0.3, 0.4) is 0 Å². The van der Waals surface area contributed by atoms with Crippen LogP contribution in [0.2, 0.25) is 5.02 Å². The Hall–Kier alpha value is -3.38. The number of aldehydes is 1. The van der Waals surface area contributed by atoms with Gasteiger partial charge in [0.2, 0.25) is 0 Å². The van der Waals surface area contributed by atoms with Crippen LogP contribution in [0.5, 0.6) is 11.5 Å². The normalized spacial score (nSPS) is 10.8. The molecule has 33 heavy (non-hydrogen) atoms. The van der Waals surface area contributed by atoms with Gasteiger partial charge < -0.3 is 14.8 Å². The fraction of sp³-hybridized carbons (Fsp3) is 0.231. The van der Waals surface area contributed by atoms with Gasteiger partial charge in [0, 0.05) is 12.1 Å². The average molecular weight is 470 g/mol. The van der Waals surface area contributed by atoms with Crippen molar-refractivity contribution >= 4 is 23.8 Å². The number of benzene rings is 3. The molecule has 5 nitrogen and oxygen atoms in total. The highest BCUT2D eigenvalue weighted by Gasteiger charge is 2.15. The van der Waals surface area contributed by atoms with Crippen molar-refractivity contribution in [1.29, 1.82) is 0 Å². The van der Waals surface area contributed by atoms with Crippen LogP contribution >= 0.6 is 11.6 Å². The van der Waals surface area contributed by atoms with Gasteiger partial charge >= 0.3 is 0 Å². The third-order valence-electron chi connectivity index (χ3n) is 5.06. The Labute approximate surface area is 197 Å². The predicted octanol–water partition coefficient (Wildman–Crippen LogP) is 5.99. The molecule has 7 heteroatoms. The molecule has 1 N–H and O–H groups in total. The van der Waals surface area contributed by atoms with Crippen LogP contribution in [0.4, 0.5) is 4.39 Å². The number of aryl methyl sites for hydroxylation is 1. The SMILES string of the molecule is COc1ccc(-c2cc(C=O)c(F)cc2C)cc1CNC(=O)c1ccc(OC(C)C)cc1Cl. The largest absolute Gasteiger partial charge is 0.496 e. The van der Waals surface area contributed by atoms with E-state index in [1.54, 1.807) is 31.2 Å². The molecule has 0 radical (unpaired) electrons. The van der Waals surface area contributed by atoms with Crippen molar-refractivity contribution in [1.82, 2.24) is 5.32 Å². The highest BCUT2D eigenvalue weighted by atomic mass is 35.5. The van der Waals surface area contributed by atoms with Gasteiger partial charge in [-0.1, -0.05) is 17.7 Å². The Morgan fingerprint density at radius 1 is 1.15 bits per heavy atom. The van der Waals surface area contributed by atoms with Gasteiger partial charge in [-0.25, -0.2) is 4.39 Å². The molecule has 3 aromatic carbocycles. The number of carbonyl (C=O) groups is 2. The first-order valence-electron chi connectivity index (χ1n) is 10.4. The molecule has 0 aliphatic carbocycles. The number of carbonyl (C=O) groups excluding carboxylic acids is 2. The second-order valence-electron chi connectivity index (χ2n) is 7.82. The van der Waals surface area contributed by atoms with Crippen LogP contribution < -0.4 is 14.8 Å². The summed E-state index contributed by atoms with van der Waals surface area (Å²) in [6.45, 7) is 5.76. The van der Waals surface area contributed by atoms with E-state index in [9.17, 15) is 14.0 Å². The van der Waals surface area contributed by atoms with E-state index < -0.39 is 5.82 Å². The van der Waals surface area contributed by atoms with Gasteiger partial charge in [0.25, 0.3) is 5.91 Å². The van der Waals surface area contributed by atoms with Gasteiger partial charge in [0.05, 0.1) is 29.4 Å². The lowest BCUT2D eigenvalue weighted by molar-refractivity contribution is 0.0950. The molecular weight excluding hydrogens is 445 g/mol. The summed E-state index contributed by atoms with van der Waals surface area (Å²) >= 11 is 6.29. The van der Waals surface area contributed by atoms with Crippen LogP contribution in [0, 0.1) is 12.7 Å². The summed E-state index contributed by atoms with van der Waals surface area (Å²) in [6, 6.07) is 13.2. The molecule has 0 aliphatic rings. The molecule has 0 fully saturated rings. The second kappa shape index (κ2) is 10.5. The van der Waals surface area contributed by atoms with Gasteiger partial charge in [0.15, 0.2) is 6.29 Å². The molecular formula is C26H25ClFNO4. The second-order valence-corrected chi connectivity index (χ2v) is 8.23. The monoisotopic (exact) mass is 469 g/mol. The van der Waals surface area contributed by atoms with Gasteiger partial charge in [-0.2, -0.15) is 0 Å². The van der Waals surface area contributed by atoms with Crippen molar-refractivity contribution < 1.29 is 23.5 Å². The van der Waals surface area contributed by atoms with Crippen molar-refractivity contribution in [2.24, 2.45) is 0 Å². The Kier molecular flexibility index (Phi) is 7.71. The summed E-state index contributed by atoms with van der Waals surface area (Å²) in [5.74, 6) is 0.269. The lowest BCUT2D eigenvalue weighted by Crippen LogP contribution is -2.23. The van der Waals surface area contributed by atoms with E-state index in [4.69, 9.17) is 21.1 Å². The van der Waals surface area contributed by atoms with Crippen molar-refractivity contribution in [2.75, 3.05) is 7.11 Å². The average Bonchev–Trinajstić information content (AvgIpc) is 2.77. The summed E-state index contributed by atoms with van der Waals surface area (Å²) in [6.07, 6.45) is 0.484. The van der Waals surface area contributed by atoms with E-state index >= 15 is 0 Å². The molecule has 0 spiro atoms. The fourth-order valence-electron chi connectivity index (χ4n) is 3.47. The minimum Gasteiger partial charge on any atom is -0.496 e. The van der Waals surface area contributed by atoms with E-state index in [0.29, 0.717) is 28.9 Å². The lowest BCUT2D eigenvalue weighted by Gasteiger charge is -2.15. The molecule has 172 valence electrons. The van der Waals surface area contributed by atoms with Crippen LogP contribution in [0.1, 0.15) is 45.7 Å². The third kappa shape index (κ3) is 5.71. The Balaban J connectivity index is 1.84. The van der Waals surface area contributed by atoms with Crippen molar-refractivity contribution in [3.63, 3.8) is 0 Å². The summed E-state index contributed by atoms with van der Waals surface area (Å²) < 4.78 is 25.0. The molecule has 0 unspecified atom stereocenters. The number of halogens is 2. The lowest BCUT2D eigenvalue weighted by atomic mass is 9.96. The standard InChI is InChI=1S/C26H25ClFNO4/c1-15(2)33-20-6-7-21(23(27)12-20)26(31)29-13-18-10-17(5-8-25(18)32-4)22-11-19(14-30)24(28)9-16(22)3/h5-12,14-15H,13H2,1-4H3,(H,29,31). The Bertz CT molecular complexity index is 1190. The Morgan fingerprint density at radius 3 is 2.55 bits per heavy atom. The summed E-state index contributed by atoms with van der Waals surface area (Å²) in [5, 5.41) is 3.14. The number of hydrogen-bond acceptors (Lipinski definition) is 4. The molecule has 1 amide bonds. The zero-order valence-electron chi connectivity index (χ0n) is 18.9. The number of methoxy groups -OCH3 is 1. The predicted molar refractivity (Wildman–Crippen MR) is 127 cm³/mol. The molecule has 0 aromatic heterocycles. The van der Waals surface area contributed by atoms with Gasteiger partial charge in [-0.05, 0) is 79.9 Å². The molecule has 0 heterocycles. The van der Waals surface area contributed by atoms with Crippen LogP contribution in [-0.4, -0.2) is 25.4 Å². The van der Waals surface area contributed by atoms with E-state index in [1.165, 1.54) is 19.2 Å². The van der Waals surface area contributed by atoms with Gasteiger partial charge in [0.1, 0.15) is 17.3 Å². The highest BCUT2D eigenvalue weighted by Crippen LogP contribution is 2.30. The highest BCUT2D eigenvalue weighted by molar-refractivity contribution is 6.34. The molecule has 3 rings (SSSR count). The van der Waals surface area contributed by atoms with E-state index in [2.05, 4.69) is 5.32 Å². The maximum absolute atomic E-state index is 13.9. The van der Waals surface area contributed by atoms with Crippen LogP contribution in [0.15, 0.2) is 48.5 Å². The maximum Gasteiger partial charge on any atom is 0.253 e. The van der Waals surface area contributed by atoms with E-state index in [0.717, 1.165) is 16.7 Å². The zero-order chi connectivity index (χ0) is 24.1. The van der Waals surface area contributed by atoms with Crippen molar-refractivity contribution in [2.45, 2.75) is 33.4 Å². The first-order valence-corrected chi connectivity index (χ1v) is 10.8. The van der Waals surface area contributed by atoms with Crippen molar-refractivity contribution in [3.05, 3.63) is 81.6 Å². The molecule has 0 atom stereocenters. The number of ether oxygens (including phenoxy) is 2. The summed E-state index contributed by atoms with van der Waals surface area (Å²) in [4.78, 5) is 23.9. The minimum atomic E-state index is -0.561.